The highest BCUT2D eigenvalue weighted by atomic mass is 28.4. The van der Waals surface area contributed by atoms with Gasteiger partial charge in [0.2, 0.25) is 5.60 Å². The number of nitrogens with one attached hydrogen (secondary N) is 1. The molecule has 6 aliphatic rings. The van der Waals surface area contributed by atoms with Gasteiger partial charge in [-0.25, -0.2) is 4.79 Å². The molecule has 3 N–H and O–H groups in total. The number of carbonyl (C=O) groups is 3. The summed E-state index contributed by atoms with van der Waals surface area (Å²) in [4.78, 5) is 54.2. The molecule has 3 aromatic carbocycles. The van der Waals surface area contributed by atoms with Gasteiger partial charge in [0.05, 0.1) is 39.1 Å². The normalized spacial score (nSPS) is 32.4. The molecule has 1 aromatic heterocycles. The van der Waals surface area contributed by atoms with Crippen LogP contribution in [0.4, 0.5) is 5.69 Å². The van der Waals surface area contributed by atoms with Crippen molar-refractivity contribution < 1.29 is 48.0 Å². The molecule has 2 bridgehead atoms. The molecule has 73 heavy (non-hydrogen) atoms. The average molecular weight is 1020 g/mol. The number of fused-ring (bicyclic) bond motifs is 6. The quantitative estimate of drug-likeness (QED) is 0.0352. The third-order valence-electron chi connectivity index (χ3n) is 18.4. The van der Waals surface area contributed by atoms with Crippen molar-refractivity contribution in [2.24, 2.45) is 11.3 Å². The highest BCUT2D eigenvalue weighted by Gasteiger charge is 2.80. The van der Waals surface area contributed by atoms with Crippen molar-refractivity contribution in [3.8, 4) is 5.75 Å². The maximum absolute atomic E-state index is 15.6. The van der Waals surface area contributed by atoms with Gasteiger partial charge in [0.15, 0.2) is 8.32 Å². The van der Waals surface area contributed by atoms with E-state index in [0.29, 0.717) is 101 Å². The van der Waals surface area contributed by atoms with Gasteiger partial charge in [-0.05, 0) is 105 Å². The van der Waals surface area contributed by atoms with Crippen molar-refractivity contribution in [1.82, 2.24) is 14.8 Å². The number of nitrogens with zero attached hydrogens (tertiary/aromatic N) is 3. The molecule has 10 atom stereocenters. The second-order valence-corrected chi connectivity index (χ2v) is 27.1. The molecule has 1 spiro atoms. The number of methoxy groups -OCH3 is 3. The fourth-order valence-electron chi connectivity index (χ4n) is 15.3. The molecule has 1 saturated carbocycles. The van der Waals surface area contributed by atoms with Crippen LogP contribution < -0.4 is 9.64 Å². The van der Waals surface area contributed by atoms with Gasteiger partial charge in [0, 0.05) is 90.4 Å². The number of carbonyl (C=O) groups excluding carboxylic acids is 3. The summed E-state index contributed by atoms with van der Waals surface area (Å²) in [5, 5.41) is 27.2. The molecular formula is C58H76N4O10Si. The van der Waals surface area contributed by atoms with E-state index in [1.807, 2.05) is 62.5 Å². The van der Waals surface area contributed by atoms with Crippen molar-refractivity contribution in [2.45, 2.75) is 138 Å². The van der Waals surface area contributed by atoms with Crippen molar-refractivity contribution in [3.05, 3.63) is 107 Å². The van der Waals surface area contributed by atoms with Crippen LogP contribution in [0.3, 0.4) is 0 Å². The number of piperidine rings is 1. The van der Waals surface area contributed by atoms with Gasteiger partial charge in [0.25, 0.3) is 0 Å². The molecule has 0 amide bonds. The molecule has 15 heteroatoms. The van der Waals surface area contributed by atoms with Gasteiger partial charge >= 0.3 is 17.9 Å². The molecule has 14 nitrogen and oxygen atoms in total. The number of H-pyrrole nitrogens is 1. The van der Waals surface area contributed by atoms with E-state index in [0.717, 1.165) is 39.0 Å². The number of unbranched alkanes of at least 4 members (excludes halogenated alkanes) is 1. The highest BCUT2D eigenvalue weighted by Crippen LogP contribution is 2.68. The lowest BCUT2D eigenvalue weighted by Crippen LogP contribution is -2.82. The number of aromatic nitrogens is 1. The van der Waals surface area contributed by atoms with E-state index in [2.05, 4.69) is 70.1 Å². The van der Waals surface area contributed by atoms with Crippen LogP contribution in [-0.2, 0) is 56.9 Å². The number of esters is 3. The van der Waals surface area contributed by atoms with Crippen molar-refractivity contribution in [1.29, 1.82) is 0 Å². The van der Waals surface area contributed by atoms with Crippen molar-refractivity contribution in [2.75, 3.05) is 66.0 Å². The molecule has 392 valence electrons. The zero-order valence-electron chi connectivity index (χ0n) is 44.1. The molecule has 2 saturated heterocycles. The van der Waals surface area contributed by atoms with Crippen LogP contribution in [0.1, 0.15) is 93.2 Å². The SMILES string of the molecule is CC[C@]1(O)C[C@H]2CN(CCc3c([nH]c4ccccc34)[C@@](C(=O)OC)(c3cc4c(cc3OC)N(C)[C@H]3[C@@](O)(C(=O)OC)[C@H](O[Si](C)(C)CCCCC(=O)OCc5ccccc5)[C@]5(CC)C=CCN6CC[C@]43[C@@H]65)C2)C1. The topological polar surface area (TPSA) is 163 Å². The van der Waals surface area contributed by atoms with Gasteiger partial charge in [-0.3, -0.25) is 19.4 Å². The van der Waals surface area contributed by atoms with Gasteiger partial charge in [-0.15, -0.1) is 0 Å². The fourth-order valence-corrected chi connectivity index (χ4v) is 17.6. The van der Waals surface area contributed by atoms with E-state index >= 15 is 9.59 Å². The summed E-state index contributed by atoms with van der Waals surface area (Å²) in [6, 6.07) is 21.7. The summed E-state index contributed by atoms with van der Waals surface area (Å²) in [6.07, 6.45) is 8.28. The Balaban J connectivity index is 1.10. The van der Waals surface area contributed by atoms with E-state index in [4.69, 9.17) is 23.4 Å². The minimum absolute atomic E-state index is 0.0992. The van der Waals surface area contributed by atoms with Gasteiger partial charge in [0.1, 0.15) is 17.8 Å². The second kappa shape index (κ2) is 19.3. The van der Waals surface area contributed by atoms with Crippen LogP contribution in [0, 0.1) is 11.3 Å². The first kappa shape index (κ1) is 51.5. The first-order chi connectivity index (χ1) is 35.0. The lowest BCUT2D eigenvalue weighted by Gasteiger charge is -2.65. The number of likely N-dealkylation sites (N-methyl/N-ethyl adjacent to an activating group) is 1. The van der Waals surface area contributed by atoms with Crippen molar-refractivity contribution >= 4 is 42.8 Å². The molecule has 0 radical (unpaired) electrons. The molecule has 1 unspecified atom stereocenters. The van der Waals surface area contributed by atoms with Crippen LogP contribution in [0.2, 0.25) is 19.1 Å². The van der Waals surface area contributed by atoms with Crippen LogP contribution >= 0.6 is 0 Å². The Labute approximate surface area is 431 Å². The predicted octanol–water partition coefficient (Wildman–Crippen LogP) is 7.56. The van der Waals surface area contributed by atoms with Gasteiger partial charge in [-0.2, -0.15) is 0 Å². The Hall–Kier alpha value is -5.03. The number of aliphatic hydroxyl groups is 2. The molecule has 6 heterocycles. The van der Waals surface area contributed by atoms with Crippen LogP contribution in [-0.4, -0.2) is 142 Å². The minimum atomic E-state index is -2.74. The number of ether oxygens (including phenoxy) is 4. The second-order valence-electron chi connectivity index (χ2n) is 22.8. The summed E-state index contributed by atoms with van der Waals surface area (Å²) in [6.45, 7) is 12.1. The third-order valence-corrected chi connectivity index (χ3v) is 20.8. The molecule has 5 aliphatic heterocycles. The number of rotatable bonds is 15. The predicted molar refractivity (Wildman–Crippen MR) is 282 cm³/mol. The number of hydrogen-bond donors (Lipinski definition) is 3. The van der Waals surface area contributed by atoms with E-state index in [-0.39, 0.29) is 31.0 Å². The smallest absolute Gasteiger partial charge is 0.342 e. The number of para-hydroxylation sites is 1. The first-order valence-electron chi connectivity index (χ1n) is 26.7. The Morgan fingerprint density at radius 3 is 2.36 bits per heavy atom. The number of benzene rings is 3. The summed E-state index contributed by atoms with van der Waals surface area (Å²) in [5.74, 6) is -1.03. The molecule has 4 aromatic rings. The van der Waals surface area contributed by atoms with Crippen LogP contribution in [0.25, 0.3) is 10.9 Å². The van der Waals surface area contributed by atoms with E-state index in [9.17, 15) is 15.0 Å². The summed E-state index contributed by atoms with van der Waals surface area (Å²) < 4.78 is 31.4. The van der Waals surface area contributed by atoms with E-state index in [1.54, 1.807) is 7.11 Å². The molecule has 10 rings (SSSR count). The van der Waals surface area contributed by atoms with E-state index in [1.165, 1.54) is 14.2 Å². The largest absolute Gasteiger partial charge is 0.496 e. The Bertz CT molecular complexity index is 2780. The van der Waals surface area contributed by atoms with Crippen LogP contribution in [0.5, 0.6) is 5.75 Å². The maximum Gasteiger partial charge on any atom is 0.342 e. The Morgan fingerprint density at radius 1 is 0.877 bits per heavy atom. The van der Waals surface area contributed by atoms with Gasteiger partial charge in [-0.1, -0.05) is 81.0 Å². The minimum Gasteiger partial charge on any atom is -0.496 e. The Kier molecular flexibility index (Phi) is 13.6. The number of hydrogen-bond acceptors (Lipinski definition) is 13. The summed E-state index contributed by atoms with van der Waals surface area (Å²) >= 11 is 0. The number of aromatic amines is 1. The summed E-state index contributed by atoms with van der Waals surface area (Å²) in [7, 11) is 3.65. The standard InChI is InChI=1S/C58H76N4O10Si/c1-9-54(66)33-39-34-57(52(64)69-5,48-41(24-28-61(35-39)37-54)40-21-14-15-22-44(40)59-48)43-31-42-45(32-46(43)68-4)60(3)50-56(42)26-29-62-27-18-25-55(10-2,49(56)62)51(58(50,67)53(65)70-6)72-73(7,8)30-17-16-23-47(63)71-36-38-19-12-11-13-20-38/h11-15,18-22,25,31-32,39,49-51,59,66-67H,9-10,16-17,23-24,26-30,33-37H2,1-8H3/t39-,49+,50-,51-,54+,55-,56-,57+,58+/m1/s1. The monoisotopic (exact) mass is 1020 g/mol. The van der Waals surface area contributed by atoms with Gasteiger partial charge < -0.3 is 43.5 Å². The lowest BCUT2D eigenvalue weighted by atomic mass is 9.47. The van der Waals surface area contributed by atoms with E-state index < -0.39 is 59.8 Å². The highest BCUT2D eigenvalue weighted by molar-refractivity contribution is 6.71. The molecule has 1 aliphatic carbocycles. The first-order valence-corrected chi connectivity index (χ1v) is 29.8. The maximum atomic E-state index is 15.6. The zero-order valence-corrected chi connectivity index (χ0v) is 45.1. The average Bonchev–Trinajstić information content (AvgIpc) is 4.06. The van der Waals surface area contributed by atoms with Crippen molar-refractivity contribution in [3.63, 3.8) is 0 Å². The Morgan fingerprint density at radius 2 is 1.63 bits per heavy atom. The number of anilines is 1. The molecule has 3 fully saturated rings. The van der Waals surface area contributed by atoms with Crippen LogP contribution in [0.15, 0.2) is 78.9 Å². The molecular weight excluding hydrogens is 941 g/mol. The zero-order chi connectivity index (χ0) is 51.7. The fraction of sp³-hybridized carbons (Fsp3) is 0.569. The third kappa shape index (κ3) is 8.09. The lowest BCUT2D eigenvalue weighted by molar-refractivity contribution is -0.214. The summed E-state index contributed by atoms with van der Waals surface area (Å²) in [5.41, 5.74) is -0.211.